The molecule has 90 valence electrons. The normalized spacial score (nSPS) is 19.9. The molecule has 0 amide bonds. The van der Waals surface area contributed by atoms with Crippen LogP contribution in [0.25, 0.3) is 0 Å². The number of rotatable bonds is 4. The number of nitrogens with zero attached hydrogens (tertiary/aromatic N) is 1. The third-order valence-corrected chi connectivity index (χ3v) is 3.36. The van der Waals surface area contributed by atoms with E-state index in [4.69, 9.17) is 10.5 Å². The maximum absolute atomic E-state index is 5.98. The van der Waals surface area contributed by atoms with Crippen molar-refractivity contribution in [3.8, 4) is 0 Å². The van der Waals surface area contributed by atoms with Crippen LogP contribution in [0.1, 0.15) is 50.5 Å². The fraction of sp³-hybridized carbons (Fsp3) is 0.750. The van der Waals surface area contributed by atoms with Gasteiger partial charge < -0.3 is 15.5 Å². The van der Waals surface area contributed by atoms with Crippen LogP contribution in [0.5, 0.6) is 0 Å². The number of hydrogen-bond acceptors (Lipinski definition) is 3. The van der Waals surface area contributed by atoms with Crippen molar-refractivity contribution in [2.45, 2.75) is 51.2 Å². The van der Waals surface area contributed by atoms with Gasteiger partial charge in [-0.25, -0.2) is 4.98 Å². The lowest BCUT2D eigenvalue weighted by atomic mass is 9.84. The van der Waals surface area contributed by atoms with Crippen LogP contribution in [0.15, 0.2) is 6.20 Å². The van der Waals surface area contributed by atoms with Gasteiger partial charge in [0.25, 0.3) is 0 Å². The number of H-pyrrole nitrogens is 1. The first-order valence-corrected chi connectivity index (χ1v) is 6.19. The summed E-state index contributed by atoms with van der Waals surface area (Å²) in [6, 6.07) is 0. The molecule has 4 nitrogen and oxygen atoms in total. The predicted octanol–water partition coefficient (Wildman–Crippen LogP) is 2.06. The zero-order chi connectivity index (χ0) is 11.4. The molecule has 4 heteroatoms. The number of ether oxygens (including phenoxy) is 1. The SMILES string of the molecule is CCOC1(c2ncc(CN)[nH]2)CCCCC1. The molecule has 1 aliphatic carbocycles. The Morgan fingerprint density at radius 3 is 2.75 bits per heavy atom. The number of nitrogens with one attached hydrogen (secondary N) is 1. The lowest BCUT2D eigenvalue weighted by molar-refractivity contribution is -0.0762. The van der Waals surface area contributed by atoms with Gasteiger partial charge in [0.05, 0.1) is 0 Å². The Bertz CT molecular complexity index is 323. The average Bonchev–Trinajstić information content (AvgIpc) is 2.80. The molecule has 1 aliphatic rings. The van der Waals surface area contributed by atoms with Crippen LogP contribution >= 0.6 is 0 Å². The molecule has 0 unspecified atom stereocenters. The highest BCUT2D eigenvalue weighted by Gasteiger charge is 2.37. The van der Waals surface area contributed by atoms with E-state index < -0.39 is 0 Å². The molecule has 0 bridgehead atoms. The molecule has 1 aromatic rings. The highest BCUT2D eigenvalue weighted by Crippen LogP contribution is 2.38. The lowest BCUT2D eigenvalue weighted by Gasteiger charge is -2.35. The largest absolute Gasteiger partial charge is 0.367 e. The number of imidazole rings is 1. The molecule has 16 heavy (non-hydrogen) atoms. The molecule has 2 rings (SSSR count). The molecule has 0 radical (unpaired) electrons. The van der Waals surface area contributed by atoms with E-state index in [0.717, 1.165) is 31.0 Å². The molecule has 0 aliphatic heterocycles. The van der Waals surface area contributed by atoms with Gasteiger partial charge in [0.15, 0.2) is 0 Å². The maximum atomic E-state index is 5.98. The van der Waals surface area contributed by atoms with Gasteiger partial charge in [0.1, 0.15) is 11.4 Å². The van der Waals surface area contributed by atoms with Crippen LogP contribution in [0.2, 0.25) is 0 Å². The average molecular weight is 223 g/mol. The Morgan fingerprint density at radius 1 is 1.44 bits per heavy atom. The first kappa shape index (κ1) is 11.6. The molecule has 0 saturated heterocycles. The summed E-state index contributed by atoms with van der Waals surface area (Å²) in [4.78, 5) is 7.74. The molecule has 1 aromatic heterocycles. The molecule has 0 aromatic carbocycles. The zero-order valence-electron chi connectivity index (χ0n) is 9.96. The van der Waals surface area contributed by atoms with Crippen LogP contribution in [-0.4, -0.2) is 16.6 Å². The Hall–Kier alpha value is -0.870. The molecular weight excluding hydrogens is 202 g/mol. The van der Waals surface area contributed by atoms with Crippen molar-refractivity contribution in [2.24, 2.45) is 5.73 Å². The van der Waals surface area contributed by atoms with E-state index in [1.807, 2.05) is 13.1 Å². The Labute approximate surface area is 96.6 Å². The van der Waals surface area contributed by atoms with E-state index in [2.05, 4.69) is 9.97 Å². The molecule has 0 atom stereocenters. The van der Waals surface area contributed by atoms with E-state index in [-0.39, 0.29) is 5.60 Å². The molecule has 1 fully saturated rings. The van der Waals surface area contributed by atoms with Gasteiger partial charge in [-0.1, -0.05) is 19.3 Å². The molecular formula is C12H21N3O. The summed E-state index contributed by atoms with van der Waals surface area (Å²) in [5.41, 5.74) is 6.40. The molecule has 1 heterocycles. The summed E-state index contributed by atoms with van der Waals surface area (Å²) in [5, 5.41) is 0. The van der Waals surface area contributed by atoms with Gasteiger partial charge in [-0.3, -0.25) is 0 Å². The van der Waals surface area contributed by atoms with Gasteiger partial charge >= 0.3 is 0 Å². The van der Waals surface area contributed by atoms with Gasteiger partial charge in [-0.05, 0) is 19.8 Å². The summed E-state index contributed by atoms with van der Waals surface area (Å²) in [6.45, 7) is 3.29. The van der Waals surface area contributed by atoms with E-state index in [9.17, 15) is 0 Å². The van der Waals surface area contributed by atoms with E-state index >= 15 is 0 Å². The molecule has 3 N–H and O–H groups in total. The van der Waals surface area contributed by atoms with Crippen molar-refractivity contribution >= 4 is 0 Å². The van der Waals surface area contributed by atoms with Crippen molar-refractivity contribution in [2.75, 3.05) is 6.61 Å². The summed E-state index contributed by atoms with van der Waals surface area (Å²) in [7, 11) is 0. The number of aromatic nitrogens is 2. The van der Waals surface area contributed by atoms with E-state index in [1.54, 1.807) is 0 Å². The minimum Gasteiger partial charge on any atom is -0.367 e. The Kier molecular flexibility index (Phi) is 3.61. The van der Waals surface area contributed by atoms with Gasteiger partial charge in [-0.2, -0.15) is 0 Å². The number of aromatic amines is 1. The predicted molar refractivity (Wildman–Crippen MR) is 62.9 cm³/mol. The molecule has 0 spiro atoms. The van der Waals surface area contributed by atoms with Crippen molar-refractivity contribution in [3.63, 3.8) is 0 Å². The fourth-order valence-electron chi connectivity index (χ4n) is 2.54. The third kappa shape index (κ3) is 2.13. The topological polar surface area (TPSA) is 63.9 Å². The summed E-state index contributed by atoms with van der Waals surface area (Å²) >= 11 is 0. The second-order valence-corrected chi connectivity index (χ2v) is 4.45. The highest BCUT2D eigenvalue weighted by atomic mass is 16.5. The van der Waals surface area contributed by atoms with Crippen LogP contribution in [0.4, 0.5) is 0 Å². The molecule has 1 saturated carbocycles. The maximum Gasteiger partial charge on any atom is 0.138 e. The standard InChI is InChI=1S/C12H21N3O/c1-2-16-12(6-4-3-5-7-12)11-14-9-10(8-13)15-11/h9H,2-8,13H2,1H3,(H,14,15). The van der Waals surface area contributed by atoms with Gasteiger partial charge in [-0.15, -0.1) is 0 Å². The number of hydrogen-bond donors (Lipinski definition) is 2. The van der Waals surface area contributed by atoms with Crippen molar-refractivity contribution < 1.29 is 4.74 Å². The monoisotopic (exact) mass is 223 g/mol. The highest BCUT2D eigenvalue weighted by molar-refractivity contribution is 5.10. The van der Waals surface area contributed by atoms with Gasteiger partial charge in [0, 0.05) is 25.0 Å². The second-order valence-electron chi connectivity index (χ2n) is 4.45. The number of nitrogens with two attached hydrogens (primary N) is 1. The Balaban J connectivity index is 2.23. The van der Waals surface area contributed by atoms with Crippen molar-refractivity contribution in [1.29, 1.82) is 0 Å². The minimum absolute atomic E-state index is 0.180. The van der Waals surface area contributed by atoms with Crippen LogP contribution in [0, 0.1) is 0 Å². The third-order valence-electron chi connectivity index (χ3n) is 3.36. The van der Waals surface area contributed by atoms with E-state index in [0.29, 0.717) is 6.54 Å². The first-order chi connectivity index (χ1) is 7.80. The van der Waals surface area contributed by atoms with Crippen LogP contribution in [0.3, 0.4) is 0 Å². The van der Waals surface area contributed by atoms with E-state index in [1.165, 1.54) is 19.3 Å². The quantitative estimate of drug-likeness (QED) is 0.821. The lowest BCUT2D eigenvalue weighted by Crippen LogP contribution is -2.33. The van der Waals surface area contributed by atoms with Crippen molar-refractivity contribution in [3.05, 3.63) is 17.7 Å². The van der Waals surface area contributed by atoms with Crippen molar-refractivity contribution in [1.82, 2.24) is 9.97 Å². The summed E-state index contributed by atoms with van der Waals surface area (Å²) in [6.07, 6.45) is 7.71. The minimum atomic E-state index is -0.180. The van der Waals surface area contributed by atoms with Crippen LogP contribution < -0.4 is 5.73 Å². The van der Waals surface area contributed by atoms with Crippen LogP contribution in [-0.2, 0) is 16.9 Å². The zero-order valence-corrected chi connectivity index (χ0v) is 9.96. The smallest absolute Gasteiger partial charge is 0.138 e. The first-order valence-electron chi connectivity index (χ1n) is 6.19. The fourth-order valence-corrected chi connectivity index (χ4v) is 2.54. The summed E-state index contributed by atoms with van der Waals surface area (Å²) < 4.78 is 5.98. The Morgan fingerprint density at radius 2 is 2.19 bits per heavy atom. The van der Waals surface area contributed by atoms with Gasteiger partial charge in [0.2, 0.25) is 0 Å². The second kappa shape index (κ2) is 4.97. The summed E-state index contributed by atoms with van der Waals surface area (Å²) in [5.74, 6) is 0.967.